The molecule has 0 bridgehead atoms. The average Bonchev–Trinajstić information content (AvgIpc) is 2.65. The van der Waals surface area contributed by atoms with Crippen molar-refractivity contribution in [3.05, 3.63) is 45.8 Å². The summed E-state index contributed by atoms with van der Waals surface area (Å²) in [6.07, 6.45) is 0.710. The van der Waals surface area contributed by atoms with Gasteiger partial charge in [0.2, 0.25) is 0 Å². The Morgan fingerprint density at radius 2 is 2.06 bits per heavy atom. The molecule has 1 aliphatic heterocycles. The van der Waals surface area contributed by atoms with Gasteiger partial charge in [-0.2, -0.15) is 0 Å². The molecule has 1 heterocycles. The van der Waals surface area contributed by atoms with Gasteiger partial charge >= 0.3 is 5.97 Å². The highest BCUT2D eigenvalue weighted by Gasteiger charge is 2.34. The fourth-order valence-corrected chi connectivity index (χ4v) is 2.90. The molecule has 0 aromatic heterocycles. The van der Waals surface area contributed by atoms with Crippen LogP contribution in [0.3, 0.4) is 0 Å². The first-order valence-electron chi connectivity index (χ1n) is 5.52. The lowest BCUT2D eigenvalue weighted by Gasteiger charge is -2.13. The molecule has 1 unspecified atom stereocenters. The van der Waals surface area contributed by atoms with Crippen LogP contribution < -0.4 is 0 Å². The van der Waals surface area contributed by atoms with Crippen molar-refractivity contribution < 1.29 is 9.53 Å². The maximum atomic E-state index is 11.5. The van der Waals surface area contributed by atoms with Crippen LogP contribution in [-0.2, 0) is 9.53 Å². The third kappa shape index (κ3) is 2.67. The molecule has 0 aliphatic carbocycles. The van der Waals surface area contributed by atoms with E-state index in [1.807, 2.05) is 30.3 Å². The van der Waals surface area contributed by atoms with Crippen LogP contribution in [0.2, 0.25) is 0 Å². The predicted octanol–water partition coefficient (Wildman–Crippen LogP) is 3.88. The molecule has 0 radical (unpaired) electrons. The summed E-state index contributed by atoms with van der Waals surface area (Å²) in [5.41, 5.74) is 0.968. The third-order valence-corrected chi connectivity index (χ3v) is 4.23. The fourth-order valence-electron chi connectivity index (χ4n) is 1.63. The van der Waals surface area contributed by atoms with Gasteiger partial charge in [-0.05, 0) is 17.7 Å². The summed E-state index contributed by atoms with van der Waals surface area (Å²) in [5.74, 6) is 0.519. The molecule has 0 N–H and O–H groups in total. The summed E-state index contributed by atoms with van der Waals surface area (Å²) in [6, 6.07) is 9.68. The van der Waals surface area contributed by atoms with Gasteiger partial charge in [-0.15, -0.1) is 11.8 Å². The molecule has 2 nitrogen and oxygen atoms in total. The van der Waals surface area contributed by atoms with Crippen molar-refractivity contribution in [2.75, 3.05) is 5.75 Å². The number of carbonyl (C=O) groups excluding carboxylic acids is 1. The van der Waals surface area contributed by atoms with Crippen molar-refractivity contribution in [3.8, 4) is 0 Å². The minimum Gasteiger partial charge on any atom is -0.448 e. The highest BCUT2D eigenvalue weighted by molar-refractivity contribution is 8.03. The Hall–Kier alpha value is -0.930. The summed E-state index contributed by atoms with van der Waals surface area (Å²) in [5, 5.41) is 0.234. The normalized spacial score (nSPS) is 19.6. The molecule has 2 rings (SSSR count). The maximum Gasteiger partial charge on any atom is 0.351 e. The van der Waals surface area contributed by atoms with E-state index in [1.165, 1.54) is 0 Å². The quantitative estimate of drug-likeness (QED) is 0.775. The number of cyclic esters (lactones) is 1. The van der Waals surface area contributed by atoms with E-state index in [0.29, 0.717) is 0 Å². The molecule has 4 heteroatoms. The molecule has 1 aromatic rings. The standard InChI is InChI=1S/C13H13ClO2S/c1-2-8-17-12-10(14)13(15)16-11(12)9-6-4-3-5-7-9/h3-7,11H,2,8H2,1H3. The lowest BCUT2D eigenvalue weighted by Crippen LogP contribution is -2.02. The molecule has 17 heavy (non-hydrogen) atoms. The van der Waals surface area contributed by atoms with Gasteiger partial charge in [-0.3, -0.25) is 0 Å². The Morgan fingerprint density at radius 1 is 1.35 bits per heavy atom. The van der Waals surface area contributed by atoms with Crippen LogP contribution in [0.5, 0.6) is 0 Å². The second-order valence-electron chi connectivity index (χ2n) is 3.72. The number of hydrogen-bond acceptors (Lipinski definition) is 3. The Bertz CT molecular complexity index is 442. The minimum atomic E-state index is -0.417. The van der Waals surface area contributed by atoms with Crippen LogP contribution in [0.25, 0.3) is 0 Å². The van der Waals surface area contributed by atoms with Crippen LogP contribution >= 0.6 is 23.4 Å². The predicted molar refractivity (Wildman–Crippen MR) is 70.9 cm³/mol. The number of halogens is 1. The molecule has 90 valence electrons. The van der Waals surface area contributed by atoms with Crippen molar-refractivity contribution in [2.45, 2.75) is 19.4 Å². The zero-order valence-electron chi connectivity index (χ0n) is 9.48. The molecular weight excluding hydrogens is 256 g/mol. The monoisotopic (exact) mass is 268 g/mol. The molecule has 0 amide bonds. The zero-order valence-corrected chi connectivity index (χ0v) is 11.1. The lowest BCUT2D eigenvalue weighted by molar-refractivity contribution is -0.139. The van der Waals surface area contributed by atoms with Crippen LogP contribution in [0, 0.1) is 0 Å². The molecule has 1 aliphatic rings. The third-order valence-electron chi connectivity index (χ3n) is 2.42. The first-order valence-corrected chi connectivity index (χ1v) is 6.88. The van der Waals surface area contributed by atoms with E-state index in [9.17, 15) is 4.79 Å². The smallest absolute Gasteiger partial charge is 0.351 e. The topological polar surface area (TPSA) is 26.3 Å². The highest BCUT2D eigenvalue weighted by Crippen LogP contribution is 2.43. The van der Waals surface area contributed by atoms with Gasteiger partial charge < -0.3 is 4.74 Å². The highest BCUT2D eigenvalue weighted by atomic mass is 35.5. The summed E-state index contributed by atoms with van der Waals surface area (Å²) >= 11 is 7.59. The molecule has 0 spiro atoms. The first-order chi connectivity index (χ1) is 8.24. The summed E-state index contributed by atoms with van der Waals surface area (Å²) < 4.78 is 5.30. The second kappa shape index (κ2) is 5.61. The van der Waals surface area contributed by atoms with Gasteiger partial charge in [-0.25, -0.2) is 4.79 Å². The van der Waals surface area contributed by atoms with E-state index in [0.717, 1.165) is 22.6 Å². The molecule has 0 saturated heterocycles. The Balaban J connectivity index is 2.26. The van der Waals surface area contributed by atoms with Gasteiger partial charge in [0.15, 0.2) is 6.10 Å². The van der Waals surface area contributed by atoms with Gasteiger partial charge in [-0.1, -0.05) is 48.9 Å². The van der Waals surface area contributed by atoms with Crippen molar-refractivity contribution in [2.24, 2.45) is 0 Å². The second-order valence-corrected chi connectivity index (χ2v) is 5.24. The minimum absolute atomic E-state index is 0.234. The number of thioether (sulfide) groups is 1. The van der Waals surface area contributed by atoms with Crippen LogP contribution in [0.4, 0.5) is 0 Å². The molecule has 1 aromatic carbocycles. The Morgan fingerprint density at radius 3 is 2.71 bits per heavy atom. The van der Waals surface area contributed by atoms with E-state index in [4.69, 9.17) is 16.3 Å². The number of benzene rings is 1. The van der Waals surface area contributed by atoms with Crippen molar-refractivity contribution in [1.82, 2.24) is 0 Å². The number of rotatable bonds is 4. The van der Waals surface area contributed by atoms with E-state index in [1.54, 1.807) is 11.8 Å². The summed E-state index contributed by atoms with van der Waals surface area (Å²) in [6.45, 7) is 2.09. The molecule has 0 fully saturated rings. The van der Waals surface area contributed by atoms with Crippen LogP contribution in [0.15, 0.2) is 40.3 Å². The maximum absolute atomic E-state index is 11.5. The van der Waals surface area contributed by atoms with E-state index >= 15 is 0 Å². The Labute approximate surface area is 110 Å². The Kier molecular flexibility index (Phi) is 4.13. The van der Waals surface area contributed by atoms with Crippen molar-refractivity contribution >= 4 is 29.3 Å². The van der Waals surface area contributed by atoms with Gasteiger partial charge in [0, 0.05) is 0 Å². The zero-order chi connectivity index (χ0) is 12.3. The largest absolute Gasteiger partial charge is 0.448 e. The van der Waals surface area contributed by atoms with Crippen molar-refractivity contribution in [1.29, 1.82) is 0 Å². The molecule has 0 saturated carbocycles. The number of carbonyl (C=O) groups is 1. The number of ether oxygens (including phenoxy) is 1. The SMILES string of the molecule is CCCSC1=C(Cl)C(=O)OC1c1ccccc1. The van der Waals surface area contributed by atoms with Crippen LogP contribution in [0.1, 0.15) is 25.0 Å². The summed E-state index contributed by atoms with van der Waals surface area (Å²) in [4.78, 5) is 12.3. The number of hydrogen-bond donors (Lipinski definition) is 0. The number of esters is 1. The van der Waals surface area contributed by atoms with E-state index in [-0.39, 0.29) is 11.1 Å². The van der Waals surface area contributed by atoms with Gasteiger partial charge in [0.05, 0.1) is 4.91 Å². The van der Waals surface area contributed by atoms with Gasteiger partial charge in [0.25, 0.3) is 0 Å². The lowest BCUT2D eigenvalue weighted by atomic mass is 10.1. The van der Waals surface area contributed by atoms with Crippen LogP contribution in [-0.4, -0.2) is 11.7 Å². The first kappa shape index (κ1) is 12.5. The summed E-state index contributed by atoms with van der Waals surface area (Å²) in [7, 11) is 0. The fraction of sp³-hybridized carbons (Fsp3) is 0.308. The average molecular weight is 269 g/mol. The van der Waals surface area contributed by atoms with E-state index in [2.05, 4.69) is 6.92 Å². The van der Waals surface area contributed by atoms with E-state index < -0.39 is 5.97 Å². The molecule has 1 atom stereocenters. The van der Waals surface area contributed by atoms with Gasteiger partial charge in [0.1, 0.15) is 5.03 Å². The molecular formula is C13H13ClO2S. The van der Waals surface area contributed by atoms with Crippen molar-refractivity contribution in [3.63, 3.8) is 0 Å².